The van der Waals surface area contributed by atoms with Crippen molar-refractivity contribution in [2.75, 3.05) is 31.1 Å². The van der Waals surface area contributed by atoms with Gasteiger partial charge in [-0.05, 0) is 24.6 Å². The smallest absolute Gasteiger partial charge is 0.310 e. The Hall–Kier alpha value is -2.05. The lowest BCUT2D eigenvalue weighted by atomic mass is 9.82. The van der Waals surface area contributed by atoms with E-state index in [1.165, 1.54) is 0 Å². The van der Waals surface area contributed by atoms with Crippen molar-refractivity contribution in [1.82, 2.24) is 4.90 Å². The van der Waals surface area contributed by atoms with Gasteiger partial charge in [0.2, 0.25) is 5.91 Å². The van der Waals surface area contributed by atoms with Crippen LogP contribution in [0.4, 0.5) is 5.69 Å². The maximum absolute atomic E-state index is 13.0. The van der Waals surface area contributed by atoms with E-state index in [2.05, 4.69) is 4.90 Å². The van der Waals surface area contributed by atoms with Crippen molar-refractivity contribution < 1.29 is 19.4 Å². The van der Waals surface area contributed by atoms with Crippen LogP contribution in [0.1, 0.15) is 5.56 Å². The Labute approximate surface area is 157 Å². The normalized spacial score (nSPS) is 30.1. The third-order valence-electron chi connectivity index (χ3n) is 5.57. The van der Waals surface area contributed by atoms with Gasteiger partial charge in [-0.15, -0.1) is 0 Å². The number of hydrogen-bond acceptors (Lipinski definition) is 4. The highest BCUT2D eigenvalue weighted by Gasteiger charge is 2.54. The number of nitrogens with zero attached hydrogens (tertiary/aromatic N) is 2. The van der Waals surface area contributed by atoms with Gasteiger partial charge in [0.25, 0.3) is 0 Å². The summed E-state index contributed by atoms with van der Waals surface area (Å²) >= 11 is 6.12. The number of fused-ring (bicyclic) bond motifs is 2. The monoisotopic (exact) mass is 376 g/mol. The number of amides is 1. The van der Waals surface area contributed by atoms with E-state index in [1.54, 1.807) is 11.0 Å². The number of aryl methyl sites for hydroxylation is 1. The Balaban J connectivity index is 1.45. The number of rotatable bonds is 3. The Bertz CT molecular complexity index is 773. The van der Waals surface area contributed by atoms with Gasteiger partial charge in [-0.25, -0.2) is 0 Å². The topological polar surface area (TPSA) is 70.1 Å². The lowest BCUT2D eigenvalue weighted by molar-refractivity contribution is -0.149. The van der Waals surface area contributed by atoms with Crippen LogP contribution in [-0.4, -0.2) is 60.3 Å². The largest absolute Gasteiger partial charge is 0.481 e. The zero-order valence-electron chi connectivity index (χ0n) is 14.5. The van der Waals surface area contributed by atoms with Gasteiger partial charge in [-0.3, -0.25) is 9.59 Å². The maximum Gasteiger partial charge on any atom is 0.310 e. The minimum absolute atomic E-state index is 0.114. The second kappa shape index (κ2) is 6.59. The molecule has 0 saturated carbocycles. The number of anilines is 1. The van der Waals surface area contributed by atoms with E-state index in [1.807, 2.05) is 31.2 Å². The summed E-state index contributed by atoms with van der Waals surface area (Å²) < 4.78 is 5.63. The number of aliphatic carboxylic acids is 1. The second-order valence-electron chi connectivity index (χ2n) is 7.08. The summed E-state index contributed by atoms with van der Waals surface area (Å²) in [6, 6.07) is 5.81. The van der Waals surface area contributed by atoms with Gasteiger partial charge in [0.05, 0.1) is 18.1 Å². The van der Waals surface area contributed by atoms with Crippen LogP contribution < -0.4 is 4.90 Å². The highest BCUT2D eigenvalue weighted by atomic mass is 35.5. The average molecular weight is 377 g/mol. The first-order chi connectivity index (χ1) is 12.5. The molecule has 2 bridgehead atoms. The van der Waals surface area contributed by atoms with Gasteiger partial charge in [-0.1, -0.05) is 29.8 Å². The van der Waals surface area contributed by atoms with Crippen LogP contribution in [0.25, 0.3) is 0 Å². The quantitative estimate of drug-likeness (QED) is 0.816. The Kier molecular flexibility index (Phi) is 4.40. The molecule has 7 heteroatoms. The molecular weight excluding hydrogens is 356 g/mol. The van der Waals surface area contributed by atoms with Gasteiger partial charge >= 0.3 is 5.97 Å². The number of carbonyl (C=O) groups is 2. The highest BCUT2D eigenvalue weighted by Crippen LogP contribution is 2.40. The molecule has 1 N–H and O–H groups in total. The first kappa shape index (κ1) is 17.4. The summed E-state index contributed by atoms with van der Waals surface area (Å²) in [5.41, 5.74) is 2.23. The number of piperazine rings is 1. The molecule has 2 saturated heterocycles. The molecule has 3 aliphatic heterocycles. The van der Waals surface area contributed by atoms with E-state index in [0.717, 1.165) is 11.3 Å². The molecule has 6 nitrogen and oxygen atoms in total. The summed E-state index contributed by atoms with van der Waals surface area (Å²) in [6.45, 7) is 4.56. The lowest BCUT2D eigenvalue weighted by Gasteiger charge is -2.38. The summed E-state index contributed by atoms with van der Waals surface area (Å²) in [5, 5.41) is 10.2. The van der Waals surface area contributed by atoms with E-state index < -0.39 is 30.0 Å². The Morgan fingerprint density at radius 3 is 2.42 bits per heavy atom. The molecule has 0 aromatic heterocycles. The number of carboxylic acid groups (broad SMARTS) is 1. The van der Waals surface area contributed by atoms with Crippen LogP contribution in [0.3, 0.4) is 0 Å². The van der Waals surface area contributed by atoms with Crippen molar-refractivity contribution in [2.45, 2.75) is 19.1 Å². The molecule has 1 aromatic carbocycles. The van der Waals surface area contributed by atoms with Crippen LogP contribution in [0.15, 0.2) is 30.4 Å². The van der Waals surface area contributed by atoms with Gasteiger partial charge in [-0.2, -0.15) is 0 Å². The van der Waals surface area contributed by atoms with E-state index in [9.17, 15) is 14.7 Å². The fourth-order valence-electron chi connectivity index (χ4n) is 4.20. The fraction of sp³-hybridized carbons (Fsp3) is 0.474. The minimum Gasteiger partial charge on any atom is -0.481 e. The zero-order chi connectivity index (χ0) is 18.4. The molecule has 2 fully saturated rings. The summed E-state index contributed by atoms with van der Waals surface area (Å²) in [7, 11) is 0. The average Bonchev–Trinajstić information content (AvgIpc) is 3.24. The third-order valence-corrected chi connectivity index (χ3v) is 5.81. The molecule has 3 heterocycles. The number of benzene rings is 1. The number of ether oxygens (including phenoxy) is 1. The zero-order valence-corrected chi connectivity index (χ0v) is 15.2. The molecule has 0 unspecified atom stereocenters. The molecular formula is C19H21ClN2O4. The second-order valence-corrected chi connectivity index (χ2v) is 7.52. The predicted molar refractivity (Wildman–Crippen MR) is 97.4 cm³/mol. The highest BCUT2D eigenvalue weighted by molar-refractivity contribution is 6.30. The van der Waals surface area contributed by atoms with Crippen molar-refractivity contribution in [3.05, 3.63) is 40.9 Å². The van der Waals surface area contributed by atoms with Gasteiger partial charge in [0.15, 0.2) is 0 Å². The molecule has 1 aromatic rings. The number of halogens is 1. The molecule has 26 heavy (non-hydrogen) atoms. The minimum atomic E-state index is -0.964. The fourth-order valence-corrected chi connectivity index (χ4v) is 4.36. The first-order valence-corrected chi connectivity index (χ1v) is 9.20. The summed E-state index contributed by atoms with van der Waals surface area (Å²) in [6.07, 6.45) is 2.68. The molecule has 4 rings (SSSR count). The molecule has 1 amide bonds. The first-order valence-electron chi connectivity index (χ1n) is 8.82. The molecule has 0 aliphatic carbocycles. The van der Waals surface area contributed by atoms with Crippen LogP contribution in [0, 0.1) is 18.8 Å². The van der Waals surface area contributed by atoms with Crippen molar-refractivity contribution in [3.8, 4) is 0 Å². The predicted octanol–water partition coefficient (Wildman–Crippen LogP) is 1.95. The van der Waals surface area contributed by atoms with Crippen molar-refractivity contribution in [2.24, 2.45) is 11.8 Å². The van der Waals surface area contributed by atoms with Crippen molar-refractivity contribution >= 4 is 29.2 Å². The van der Waals surface area contributed by atoms with Crippen LogP contribution in [-0.2, 0) is 14.3 Å². The molecule has 3 aliphatic rings. The summed E-state index contributed by atoms with van der Waals surface area (Å²) in [5.74, 6) is -2.49. The maximum atomic E-state index is 13.0. The Morgan fingerprint density at radius 1 is 1.12 bits per heavy atom. The third kappa shape index (κ3) is 2.87. The van der Waals surface area contributed by atoms with Gasteiger partial charge < -0.3 is 19.6 Å². The summed E-state index contributed by atoms with van der Waals surface area (Å²) in [4.78, 5) is 28.6. The Morgan fingerprint density at radius 2 is 1.77 bits per heavy atom. The van der Waals surface area contributed by atoms with Crippen LogP contribution >= 0.6 is 11.6 Å². The van der Waals surface area contributed by atoms with E-state index in [0.29, 0.717) is 31.2 Å². The van der Waals surface area contributed by atoms with E-state index >= 15 is 0 Å². The van der Waals surface area contributed by atoms with Crippen molar-refractivity contribution in [1.29, 1.82) is 0 Å². The van der Waals surface area contributed by atoms with Gasteiger partial charge in [0.1, 0.15) is 5.92 Å². The van der Waals surface area contributed by atoms with E-state index in [-0.39, 0.29) is 5.91 Å². The standard InChI is InChI=1S/C19H21ClN2O4/c1-11-2-3-12(20)10-13(11)21-6-8-22(9-7-21)18(23)16-14-4-5-15(26-14)17(16)19(24)25/h2-5,10,14-17H,6-9H2,1H3,(H,24,25)/t14-,15+,16+,17+/m1/s1. The van der Waals surface area contributed by atoms with Gasteiger partial charge in [0, 0.05) is 36.9 Å². The molecule has 0 spiro atoms. The number of hydrogen-bond donors (Lipinski definition) is 1. The SMILES string of the molecule is Cc1ccc(Cl)cc1N1CCN(C(=O)[C@@H]2[C@@H](C(=O)O)[C@@H]3C=C[C@H]2O3)CC1. The number of carboxylic acids is 1. The molecule has 138 valence electrons. The van der Waals surface area contributed by atoms with E-state index in [4.69, 9.17) is 16.3 Å². The molecule has 0 radical (unpaired) electrons. The lowest BCUT2D eigenvalue weighted by Crippen LogP contribution is -2.53. The van der Waals surface area contributed by atoms with Crippen LogP contribution in [0.2, 0.25) is 5.02 Å². The van der Waals surface area contributed by atoms with Crippen LogP contribution in [0.5, 0.6) is 0 Å². The molecule has 4 atom stereocenters. The number of carbonyl (C=O) groups excluding carboxylic acids is 1. The van der Waals surface area contributed by atoms with Crippen molar-refractivity contribution in [3.63, 3.8) is 0 Å².